The van der Waals surface area contributed by atoms with Crippen LogP contribution in [0, 0.1) is 18.6 Å². The van der Waals surface area contributed by atoms with Crippen LogP contribution in [-0.4, -0.2) is 6.21 Å². The van der Waals surface area contributed by atoms with Gasteiger partial charge in [-0.05, 0) is 24.6 Å². The minimum absolute atomic E-state index is 0.232. The van der Waals surface area contributed by atoms with Gasteiger partial charge in [-0.25, -0.2) is 8.78 Å². The van der Waals surface area contributed by atoms with Crippen LogP contribution in [0.5, 0.6) is 0 Å². The molecule has 2 rings (SSSR count). The topological polar surface area (TPSA) is 24.4 Å². The van der Waals surface area contributed by atoms with E-state index in [1.807, 2.05) is 13.8 Å². The molecule has 4 heteroatoms. The molecule has 0 saturated heterocycles. The van der Waals surface area contributed by atoms with Gasteiger partial charge in [-0.3, -0.25) is 0 Å². The standard InChI is InChI=1S/C10H10F2N2.C2H6/c1-6-4-7(11)5-8(10(6)12)9-2-3-13-14-9;1-2/h3-5,9,14H,2H2,1H3;1-2H3. The Balaban J connectivity index is 0.000000606. The number of halogens is 2. The second-order valence-corrected chi connectivity index (χ2v) is 3.35. The van der Waals surface area contributed by atoms with Crippen molar-refractivity contribution in [2.24, 2.45) is 5.10 Å². The first-order valence-corrected chi connectivity index (χ1v) is 5.41. The van der Waals surface area contributed by atoms with Crippen molar-refractivity contribution in [2.45, 2.75) is 33.2 Å². The fourth-order valence-corrected chi connectivity index (χ4v) is 1.56. The summed E-state index contributed by atoms with van der Waals surface area (Å²) in [5, 5.41) is 3.78. The lowest BCUT2D eigenvalue weighted by Crippen LogP contribution is -2.12. The molecule has 16 heavy (non-hydrogen) atoms. The minimum atomic E-state index is -0.410. The number of hydrogen-bond donors (Lipinski definition) is 1. The van der Waals surface area contributed by atoms with Crippen LogP contribution in [-0.2, 0) is 0 Å². The summed E-state index contributed by atoms with van der Waals surface area (Å²) < 4.78 is 26.6. The van der Waals surface area contributed by atoms with Crippen molar-refractivity contribution in [2.75, 3.05) is 0 Å². The van der Waals surface area contributed by atoms with Crippen LogP contribution in [0.25, 0.3) is 0 Å². The highest BCUT2D eigenvalue weighted by Crippen LogP contribution is 2.24. The van der Waals surface area contributed by atoms with E-state index in [9.17, 15) is 8.78 Å². The summed E-state index contributed by atoms with van der Waals surface area (Å²) in [7, 11) is 0. The van der Waals surface area contributed by atoms with Crippen LogP contribution in [0.1, 0.15) is 37.4 Å². The third kappa shape index (κ3) is 2.56. The molecule has 1 aliphatic heterocycles. The molecular formula is C12H16F2N2. The zero-order chi connectivity index (χ0) is 12.1. The molecule has 1 atom stereocenters. The molecule has 0 aromatic heterocycles. The molecule has 0 aliphatic carbocycles. The zero-order valence-corrected chi connectivity index (χ0v) is 9.72. The molecule has 0 radical (unpaired) electrons. The number of nitrogens with zero attached hydrogens (tertiary/aromatic N) is 1. The molecule has 0 spiro atoms. The Hall–Kier alpha value is -1.45. The smallest absolute Gasteiger partial charge is 0.131 e. The van der Waals surface area contributed by atoms with Gasteiger partial charge >= 0.3 is 0 Å². The van der Waals surface area contributed by atoms with E-state index >= 15 is 0 Å². The lowest BCUT2D eigenvalue weighted by molar-refractivity contribution is 0.530. The number of nitrogens with one attached hydrogen (secondary N) is 1. The molecule has 1 aromatic rings. The van der Waals surface area contributed by atoms with Crippen LogP contribution < -0.4 is 5.43 Å². The highest BCUT2D eigenvalue weighted by atomic mass is 19.1. The van der Waals surface area contributed by atoms with Crippen molar-refractivity contribution < 1.29 is 8.78 Å². The normalized spacial score (nSPS) is 17.7. The van der Waals surface area contributed by atoms with Gasteiger partial charge in [0.25, 0.3) is 0 Å². The predicted molar refractivity (Wildman–Crippen MR) is 61.4 cm³/mol. The van der Waals surface area contributed by atoms with Gasteiger partial charge in [0.15, 0.2) is 0 Å². The monoisotopic (exact) mass is 226 g/mol. The molecule has 1 N–H and O–H groups in total. The van der Waals surface area contributed by atoms with Crippen molar-refractivity contribution in [1.82, 2.24) is 5.43 Å². The Morgan fingerprint density at radius 2 is 2.00 bits per heavy atom. The highest BCUT2D eigenvalue weighted by molar-refractivity contribution is 5.60. The molecule has 0 fully saturated rings. The maximum absolute atomic E-state index is 13.6. The molecule has 1 unspecified atom stereocenters. The van der Waals surface area contributed by atoms with Crippen molar-refractivity contribution in [3.63, 3.8) is 0 Å². The molecule has 0 amide bonds. The maximum Gasteiger partial charge on any atom is 0.131 e. The highest BCUT2D eigenvalue weighted by Gasteiger charge is 2.19. The fourth-order valence-electron chi connectivity index (χ4n) is 1.56. The second-order valence-electron chi connectivity index (χ2n) is 3.35. The lowest BCUT2D eigenvalue weighted by atomic mass is 10.0. The molecule has 0 bridgehead atoms. The third-order valence-corrected chi connectivity index (χ3v) is 2.29. The van der Waals surface area contributed by atoms with Crippen molar-refractivity contribution >= 4 is 6.21 Å². The van der Waals surface area contributed by atoms with Gasteiger partial charge in [0.05, 0.1) is 6.04 Å². The van der Waals surface area contributed by atoms with Crippen molar-refractivity contribution in [1.29, 1.82) is 0 Å². The second kappa shape index (κ2) is 5.58. The first-order chi connectivity index (χ1) is 7.68. The third-order valence-electron chi connectivity index (χ3n) is 2.29. The van der Waals surface area contributed by atoms with Crippen LogP contribution in [0.4, 0.5) is 8.78 Å². The summed E-state index contributed by atoms with van der Waals surface area (Å²) >= 11 is 0. The van der Waals surface area contributed by atoms with Gasteiger partial charge in [0, 0.05) is 18.2 Å². The van der Waals surface area contributed by atoms with E-state index in [1.165, 1.54) is 12.1 Å². The largest absolute Gasteiger partial charge is 0.302 e. The van der Waals surface area contributed by atoms with Gasteiger partial charge in [0.1, 0.15) is 11.6 Å². The summed E-state index contributed by atoms with van der Waals surface area (Å²) in [5.74, 6) is -0.762. The average molecular weight is 226 g/mol. The Labute approximate surface area is 94.4 Å². The Kier molecular flexibility index (Phi) is 4.40. The first-order valence-electron chi connectivity index (χ1n) is 5.41. The lowest BCUT2D eigenvalue weighted by Gasteiger charge is -2.12. The number of hydrazone groups is 1. The number of rotatable bonds is 1. The minimum Gasteiger partial charge on any atom is -0.302 e. The zero-order valence-electron chi connectivity index (χ0n) is 9.72. The van der Waals surface area contributed by atoms with Crippen molar-refractivity contribution in [3.8, 4) is 0 Å². The summed E-state index contributed by atoms with van der Waals surface area (Å²) in [6.07, 6.45) is 2.25. The summed E-state index contributed by atoms with van der Waals surface area (Å²) in [6.45, 7) is 5.55. The Bertz CT molecular complexity index is 381. The Morgan fingerprint density at radius 3 is 2.56 bits per heavy atom. The van der Waals surface area contributed by atoms with Gasteiger partial charge in [0.2, 0.25) is 0 Å². The molecule has 1 aliphatic rings. The Morgan fingerprint density at radius 1 is 1.31 bits per heavy atom. The summed E-state index contributed by atoms with van der Waals surface area (Å²) in [5.41, 5.74) is 3.41. The van der Waals surface area contributed by atoms with Gasteiger partial charge in [-0.15, -0.1) is 0 Å². The molecule has 2 nitrogen and oxygen atoms in total. The summed E-state index contributed by atoms with van der Waals surface area (Å²) in [4.78, 5) is 0. The molecule has 0 saturated carbocycles. The fraction of sp³-hybridized carbons (Fsp3) is 0.417. The van der Waals surface area contributed by atoms with Gasteiger partial charge in [-0.2, -0.15) is 5.10 Å². The average Bonchev–Trinajstić information content (AvgIpc) is 2.79. The SMILES string of the molecule is CC.Cc1cc(F)cc(C2CC=NN2)c1F. The van der Waals surface area contributed by atoms with Crippen LogP contribution in [0.3, 0.4) is 0 Å². The molecule has 1 heterocycles. The molecule has 88 valence electrons. The van der Waals surface area contributed by atoms with Gasteiger partial charge < -0.3 is 5.43 Å². The van der Waals surface area contributed by atoms with Crippen LogP contribution in [0.2, 0.25) is 0 Å². The van der Waals surface area contributed by atoms with E-state index < -0.39 is 5.82 Å². The summed E-state index contributed by atoms with van der Waals surface area (Å²) in [6, 6.07) is 2.17. The van der Waals surface area contributed by atoms with E-state index in [4.69, 9.17) is 0 Å². The van der Waals surface area contributed by atoms with Crippen LogP contribution in [0.15, 0.2) is 17.2 Å². The quantitative estimate of drug-likeness (QED) is 0.780. The van der Waals surface area contributed by atoms with E-state index in [0.29, 0.717) is 17.5 Å². The molecular weight excluding hydrogens is 210 g/mol. The van der Waals surface area contributed by atoms with E-state index in [2.05, 4.69) is 10.5 Å². The number of aryl methyl sites for hydroxylation is 1. The predicted octanol–water partition coefficient (Wildman–Crippen LogP) is 3.32. The van der Waals surface area contributed by atoms with Crippen LogP contribution >= 0.6 is 0 Å². The maximum atomic E-state index is 13.6. The van der Waals surface area contributed by atoms with Gasteiger partial charge in [-0.1, -0.05) is 13.8 Å². The molecule has 1 aromatic carbocycles. The van der Waals surface area contributed by atoms with E-state index in [0.717, 1.165) is 0 Å². The number of benzene rings is 1. The first kappa shape index (κ1) is 12.6. The number of hydrogen-bond acceptors (Lipinski definition) is 2. The van der Waals surface area contributed by atoms with E-state index in [1.54, 1.807) is 13.1 Å². The van der Waals surface area contributed by atoms with E-state index in [-0.39, 0.29) is 11.9 Å². The van der Waals surface area contributed by atoms with Crippen molar-refractivity contribution in [3.05, 3.63) is 34.9 Å².